The number of guanidine groups is 1. The minimum absolute atomic E-state index is 0.449. The van der Waals surface area contributed by atoms with Crippen molar-refractivity contribution in [2.45, 2.75) is 39.4 Å². The Morgan fingerprint density at radius 1 is 1.48 bits per heavy atom. The van der Waals surface area contributed by atoms with Gasteiger partial charge in [-0.05, 0) is 25.8 Å². The second kappa shape index (κ2) is 6.93. The molecule has 1 aromatic rings. The number of aryl methyl sites for hydroxylation is 1. The molecule has 1 aromatic heterocycles. The van der Waals surface area contributed by atoms with Gasteiger partial charge in [-0.1, -0.05) is 6.92 Å². The third-order valence-corrected chi connectivity index (χ3v) is 4.28. The highest BCUT2D eigenvalue weighted by molar-refractivity contribution is 5.80. The van der Waals surface area contributed by atoms with E-state index in [2.05, 4.69) is 46.4 Å². The minimum atomic E-state index is 0.449. The van der Waals surface area contributed by atoms with Crippen LogP contribution in [-0.4, -0.2) is 52.9 Å². The third kappa shape index (κ3) is 3.97. The number of nitrogens with one attached hydrogen (secondary N) is 2. The lowest BCUT2D eigenvalue weighted by Gasteiger charge is -2.22. The van der Waals surface area contributed by atoms with Gasteiger partial charge in [-0.15, -0.1) is 0 Å². The van der Waals surface area contributed by atoms with Gasteiger partial charge < -0.3 is 10.6 Å². The summed E-state index contributed by atoms with van der Waals surface area (Å²) in [6, 6.07) is 3.06. The minimum Gasteiger partial charge on any atom is -0.352 e. The maximum atomic E-state index is 4.33. The lowest BCUT2D eigenvalue weighted by Crippen LogP contribution is -2.46. The SMILES string of the molecule is CN=C(NCc1ccnn1C)NC1CN(C(C)C)CC1C. The van der Waals surface area contributed by atoms with Crippen molar-refractivity contribution in [3.8, 4) is 0 Å². The normalized spacial score (nSPS) is 23.8. The van der Waals surface area contributed by atoms with Gasteiger partial charge in [0.25, 0.3) is 0 Å². The molecule has 1 aliphatic heterocycles. The van der Waals surface area contributed by atoms with Crippen molar-refractivity contribution in [2.75, 3.05) is 20.1 Å². The molecule has 1 saturated heterocycles. The maximum Gasteiger partial charge on any atom is 0.191 e. The summed E-state index contributed by atoms with van der Waals surface area (Å²) in [5, 5.41) is 11.1. The highest BCUT2D eigenvalue weighted by Gasteiger charge is 2.31. The van der Waals surface area contributed by atoms with Gasteiger partial charge in [0.2, 0.25) is 0 Å². The first-order valence-corrected chi connectivity index (χ1v) is 7.69. The molecular weight excluding hydrogens is 264 g/mol. The summed E-state index contributed by atoms with van der Waals surface area (Å²) in [6.45, 7) is 9.76. The summed E-state index contributed by atoms with van der Waals surface area (Å²) in [5.41, 5.74) is 1.14. The Labute approximate surface area is 127 Å². The number of hydrogen-bond donors (Lipinski definition) is 2. The molecule has 6 heteroatoms. The Balaban J connectivity index is 1.87. The lowest BCUT2D eigenvalue weighted by atomic mass is 10.1. The van der Waals surface area contributed by atoms with Gasteiger partial charge in [-0.3, -0.25) is 14.6 Å². The Morgan fingerprint density at radius 3 is 2.76 bits per heavy atom. The number of aliphatic imine (C=N–C) groups is 1. The highest BCUT2D eigenvalue weighted by atomic mass is 15.3. The monoisotopic (exact) mass is 292 g/mol. The molecule has 0 aromatic carbocycles. The van der Waals surface area contributed by atoms with Gasteiger partial charge in [0.05, 0.1) is 12.2 Å². The lowest BCUT2D eigenvalue weighted by molar-refractivity contribution is 0.265. The fraction of sp³-hybridized carbons (Fsp3) is 0.733. The topological polar surface area (TPSA) is 57.5 Å². The maximum absolute atomic E-state index is 4.33. The van der Waals surface area contributed by atoms with E-state index in [-0.39, 0.29) is 0 Å². The van der Waals surface area contributed by atoms with Crippen LogP contribution >= 0.6 is 0 Å². The molecule has 0 aliphatic carbocycles. The van der Waals surface area contributed by atoms with Crippen LogP contribution in [0.2, 0.25) is 0 Å². The van der Waals surface area contributed by atoms with Crippen LogP contribution in [0.5, 0.6) is 0 Å². The number of hydrogen-bond acceptors (Lipinski definition) is 3. The van der Waals surface area contributed by atoms with Crippen LogP contribution < -0.4 is 10.6 Å². The fourth-order valence-electron chi connectivity index (χ4n) is 2.73. The summed E-state index contributed by atoms with van der Waals surface area (Å²) in [6.07, 6.45) is 1.81. The van der Waals surface area contributed by atoms with Crippen molar-refractivity contribution in [2.24, 2.45) is 18.0 Å². The van der Waals surface area contributed by atoms with Crippen LogP contribution in [0, 0.1) is 5.92 Å². The van der Waals surface area contributed by atoms with Crippen molar-refractivity contribution in [3.05, 3.63) is 18.0 Å². The predicted octanol–water partition coefficient (Wildman–Crippen LogP) is 0.814. The zero-order valence-corrected chi connectivity index (χ0v) is 13.8. The zero-order valence-electron chi connectivity index (χ0n) is 13.8. The molecule has 2 unspecified atom stereocenters. The first kappa shape index (κ1) is 15.8. The van der Waals surface area contributed by atoms with Crippen molar-refractivity contribution >= 4 is 5.96 Å². The number of nitrogens with zero attached hydrogens (tertiary/aromatic N) is 4. The summed E-state index contributed by atoms with van der Waals surface area (Å²) >= 11 is 0. The van der Waals surface area contributed by atoms with Crippen LogP contribution in [0.15, 0.2) is 17.3 Å². The van der Waals surface area contributed by atoms with Crippen molar-refractivity contribution in [1.29, 1.82) is 0 Å². The van der Waals surface area contributed by atoms with E-state index < -0.39 is 0 Å². The molecule has 0 spiro atoms. The molecule has 118 valence electrons. The molecule has 21 heavy (non-hydrogen) atoms. The standard InChI is InChI=1S/C15H28N6/c1-11(2)21-9-12(3)14(10-21)19-15(16-4)17-8-13-6-7-18-20(13)5/h6-7,11-12,14H,8-10H2,1-5H3,(H2,16,17,19). The summed E-state index contributed by atoms with van der Waals surface area (Å²) < 4.78 is 1.87. The van der Waals surface area contributed by atoms with Gasteiger partial charge in [0, 0.05) is 45.5 Å². The van der Waals surface area contributed by atoms with Gasteiger partial charge in [-0.2, -0.15) is 5.10 Å². The summed E-state index contributed by atoms with van der Waals surface area (Å²) in [4.78, 5) is 6.84. The Kier molecular flexibility index (Phi) is 5.22. The molecule has 0 amide bonds. The van der Waals surface area contributed by atoms with Gasteiger partial charge in [0.15, 0.2) is 5.96 Å². The molecule has 1 aliphatic rings. The Bertz CT molecular complexity index is 478. The van der Waals surface area contributed by atoms with Crippen LogP contribution in [0.1, 0.15) is 26.5 Å². The van der Waals surface area contributed by atoms with Crippen LogP contribution in [0.4, 0.5) is 0 Å². The number of aromatic nitrogens is 2. The van der Waals surface area contributed by atoms with E-state index in [1.807, 2.05) is 31.0 Å². The van der Waals surface area contributed by atoms with E-state index in [4.69, 9.17) is 0 Å². The van der Waals surface area contributed by atoms with E-state index in [0.717, 1.165) is 31.3 Å². The van der Waals surface area contributed by atoms with Crippen LogP contribution in [-0.2, 0) is 13.6 Å². The average Bonchev–Trinajstić information content (AvgIpc) is 3.01. The number of likely N-dealkylation sites (tertiary alicyclic amines) is 1. The quantitative estimate of drug-likeness (QED) is 0.637. The fourth-order valence-corrected chi connectivity index (χ4v) is 2.73. The first-order chi connectivity index (χ1) is 10.0. The summed E-state index contributed by atoms with van der Waals surface area (Å²) in [5.74, 6) is 1.49. The zero-order chi connectivity index (χ0) is 15.4. The van der Waals surface area contributed by atoms with E-state index in [9.17, 15) is 0 Å². The average molecular weight is 292 g/mol. The molecule has 0 saturated carbocycles. The van der Waals surface area contributed by atoms with Crippen LogP contribution in [0.3, 0.4) is 0 Å². The van der Waals surface area contributed by atoms with Crippen LogP contribution in [0.25, 0.3) is 0 Å². The van der Waals surface area contributed by atoms with Crippen molar-refractivity contribution in [3.63, 3.8) is 0 Å². The molecule has 0 radical (unpaired) electrons. The van der Waals surface area contributed by atoms with Crippen molar-refractivity contribution in [1.82, 2.24) is 25.3 Å². The Hall–Kier alpha value is -1.56. The molecule has 0 bridgehead atoms. The largest absolute Gasteiger partial charge is 0.352 e. The molecule has 1 fully saturated rings. The third-order valence-electron chi connectivity index (χ3n) is 4.28. The molecular formula is C15H28N6. The molecule has 2 N–H and O–H groups in total. The van der Waals surface area contributed by atoms with Gasteiger partial charge in [0.1, 0.15) is 0 Å². The van der Waals surface area contributed by atoms with Crippen molar-refractivity contribution < 1.29 is 0 Å². The van der Waals surface area contributed by atoms with Gasteiger partial charge >= 0.3 is 0 Å². The second-order valence-corrected chi connectivity index (χ2v) is 6.15. The second-order valence-electron chi connectivity index (χ2n) is 6.15. The van der Waals surface area contributed by atoms with E-state index in [0.29, 0.717) is 18.0 Å². The number of rotatable bonds is 4. The molecule has 2 atom stereocenters. The van der Waals surface area contributed by atoms with E-state index in [1.54, 1.807) is 0 Å². The first-order valence-electron chi connectivity index (χ1n) is 7.69. The van der Waals surface area contributed by atoms with E-state index in [1.165, 1.54) is 0 Å². The van der Waals surface area contributed by atoms with E-state index >= 15 is 0 Å². The Morgan fingerprint density at radius 2 is 2.24 bits per heavy atom. The molecule has 2 rings (SSSR count). The van der Waals surface area contributed by atoms with Gasteiger partial charge in [-0.25, -0.2) is 0 Å². The molecule has 6 nitrogen and oxygen atoms in total. The highest BCUT2D eigenvalue weighted by Crippen LogP contribution is 2.18. The predicted molar refractivity (Wildman–Crippen MR) is 86.2 cm³/mol. The molecule has 2 heterocycles. The smallest absolute Gasteiger partial charge is 0.191 e. The summed E-state index contributed by atoms with van der Waals surface area (Å²) in [7, 11) is 3.77.